The maximum Gasteiger partial charge on any atom is 0.253 e. The maximum absolute atomic E-state index is 12.6. The second-order valence-corrected chi connectivity index (χ2v) is 5.13. The Balaban J connectivity index is 6.02. The fourth-order valence-corrected chi connectivity index (χ4v) is 1.98. The van der Waals surface area contributed by atoms with Crippen LogP contribution in [-0.2, 0) is 28.8 Å². The third-order valence-corrected chi connectivity index (χ3v) is 3.39. The molecule has 6 amide bonds. The lowest BCUT2D eigenvalue weighted by molar-refractivity contribution is -0.151. The minimum Gasteiger partial charge on any atom is -0.337 e. The van der Waals surface area contributed by atoms with Crippen molar-refractivity contribution in [3.63, 3.8) is 0 Å². The van der Waals surface area contributed by atoms with Crippen LogP contribution in [0.1, 0.15) is 0 Å². The zero-order chi connectivity index (χ0) is 22.6. The molecule has 0 aromatic carbocycles. The van der Waals surface area contributed by atoms with Gasteiger partial charge in [-0.2, -0.15) is 0 Å². The largest absolute Gasteiger partial charge is 0.337 e. The molecule has 0 aliphatic carbocycles. The van der Waals surface area contributed by atoms with E-state index >= 15 is 0 Å². The van der Waals surface area contributed by atoms with E-state index in [0.717, 1.165) is 30.4 Å². The summed E-state index contributed by atoms with van der Waals surface area (Å²) in [6, 6.07) is -1.65. The van der Waals surface area contributed by atoms with E-state index < -0.39 is 48.0 Å². The summed E-state index contributed by atoms with van der Waals surface area (Å²) < 4.78 is 0. The van der Waals surface area contributed by atoms with Crippen LogP contribution in [0.25, 0.3) is 0 Å². The summed E-state index contributed by atoms with van der Waals surface area (Å²) in [5, 5.41) is 4.54. The Labute approximate surface area is 167 Å². The molecule has 0 spiro atoms. The average Bonchev–Trinajstić information content (AvgIpc) is 2.73. The Bertz CT molecular complexity index is 731. The third kappa shape index (κ3) is 7.21. The highest BCUT2D eigenvalue weighted by Gasteiger charge is 2.36. The van der Waals surface area contributed by atoms with Crippen LogP contribution < -0.4 is 10.6 Å². The van der Waals surface area contributed by atoms with Crippen LogP contribution in [-0.4, -0.2) is 64.5 Å². The zero-order valence-corrected chi connectivity index (χ0v) is 15.8. The number of amides is 6. The lowest BCUT2D eigenvalue weighted by Gasteiger charge is -2.31. The number of imide groups is 2. The Morgan fingerprint density at radius 1 is 0.690 bits per heavy atom. The second-order valence-electron chi connectivity index (χ2n) is 5.13. The number of hydrogen-bond donors (Lipinski definition) is 2. The van der Waals surface area contributed by atoms with Crippen LogP contribution in [0.3, 0.4) is 0 Å². The standard InChI is InChI=1S/C19H22N4O6/c1-6-14(24)20-12-21-19(29)13(23(17(27)9-4)18(28)10-5)11-22(15(25)7-2)16(26)8-3/h6-10,13H,1-5,11-12H2,(H,20,24)(H,21,29). The number of carbonyl (C=O) groups excluding carboxylic acids is 6. The number of carbonyl (C=O) groups is 6. The first kappa shape index (κ1) is 24.9. The molecule has 0 bridgehead atoms. The van der Waals surface area contributed by atoms with Gasteiger partial charge in [-0.05, 0) is 30.4 Å². The maximum atomic E-state index is 12.6. The van der Waals surface area contributed by atoms with E-state index in [1.807, 2.05) is 0 Å². The van der Waals surface area contributed by atoms with Gasteiger partial charge in [-0.1, -0.05) is 32.9 Å². The molecule has 10 heteroatoms. The zero-order valence-electron chi connectivity index (χ0n) is 15.8. The molecule has 1 unspecified atom stereocenters. The van der Waals surface area contributed by atoms with Gasteiger partial charge in [-0.15, -0.1) is 0 Å². The fourth-order valence-electron chi connectivity index (χ4n) is 1.98. The first-order valence-corrected chi connectivity index (χ1v) is 8.08. The summed E-state index contributed by atoms with van der Waals surface area (Å²) in [5.74, 6) is -5.24. The summed E-state index contributed by atoms with van der Waals surface area (Å²) >= 11 is 0. The molecule has 10 nitrogen and oxygen atoms in total. The van der Waals surface area contributed by atoms with E-state index in [-0.39, 0.29) is 6.67 Å². The summed E-state index contributed by atoms with van der Waals surface area (Å²) in [5.41, 5.74) is 0. The van der Waals surface area contributed by atoms with Crippen molar-refractivity contribution in [2.24, 2.45) is 0 Å². The number of rotatable bonds is 11. The van der Waals surface area contributed by atoms with Crippen molar-refractivity contribution in [3.8, 4) is 0 Å². The lowest BCUT2D eigenvalue weighted by Crippen LogP contribution is -2.58. The lowest BCUT2D eigenvalue weighted by atomic mass is 10.1. The summed E-state index contributed by atoms with van der Waals surface area (Å²) in [6.07, 6.45) is 4.14. The summed E-state index contributed by atoms with van der Waals surface area (Å²) in [6.45, 7) is 15.2. The minimum atomic E-state index is -1.65. The average molecular weight is 402 g/mol. The molecule has 2 N–H and O–H groups in total. The van der Waals surface area contributed by atoms with Crippen molar-refractivity contribution in [2.45, 2.75) is 6.04 Å². The summed E-state index contributed by atoms with van der Waals surface area (Å²) in [4.78, 5) is 73.3. The minimum absolute atomic E-state index is 0.372. The van der Waals surface area contributed by atoms with Gasteiger partial charge < -0.3 is 10.6 Å². The van der Waals surface area contributed by atoms with E-state index in [0.29, 0.717) is 9.80 Å². The molecule has 0 saturated heterocycles. The SMILES string of the molecule is C=CC(=O)NCNC(=O)C(CN(C(=O)C=C)C(=O)C=C)N(C(=O)C=C)C(=O)C=C. The first-order valence-electron chi connectivity index (χ1n) is 8.08. The Morgan fingerprint density at radius 3 is 1.52 bits per heavy atom. The summed E-state index contributed by atoms with van der Waals surface area (Å²) in [7, 11) is 0. The van der Waals surface area contributed by atoms with E-state index in [1.54, 1.807) is 0 Å². The molecule has 0 aliphatic rings. The Morgan fingerprint density at radius 2 is 1.14 bits per heavy atom. The molecule has 0 aromatic rings. The second kappa shape index (κ2) is 12.3. The predicted octanol–water partition coefficient (Wildman–Crippen LogP) is -0.815. The van der Waals surface area contributed by atoms with Gasteiger partial charge in [0.05, 0.1) is 13.2 Å². The molecular formula is C19H22N4O6. The van der Waals surface area contributed by atoms with Crippen LogP contribution in [0.5, 0.6) is 0 Å². The highest BCUT2D eigenvalue weighted by Crippen LogP contribution is 2.08. The quantitative estimate of drug-likeness (QED) is 0.343. The van der Waals surface area contributed by atoms with Crippen LogP contribution in [0, 0.1) is 0 Å². The topological polar surface area (TPSA) is 133 Å². The molecule has 0 radical (unpaired) electrons. The number of hydrogen-bond acceptors (Lipinski definition) is 6. The van der Waals surface area contributed by atoms with Crippen molar-refractivity contribution in [1.29, 1.82) is 0 Å². The van der Waals surface area contributed by atoms with Crippen LogP contribution in [0.15, 0.2) is 63.3 Å². The van der Waals surface area contributed by atoms with Crippen LogP contribution >= 0.6 is 0 Å². The van der Waals surface area contributed by atoms with Gasteiger partial charge in [-0.25, -0.2) is 0 Å². The van der Waals surface area contributed by atoms with Crippen LogP contribution in [0.2, 0.25) is 0 Å². The number of nitrogens with one attached hydrogen (secondary N) is 2. The molecule has 0 saturated carbocycles. The first-order chi connectivity index (χ1) is 13.7. The molecule has 0 heterocycles. The fraction of sp³-hybridized carbons (Fsp3) is 0.158. The Kier molecular flexibility index (Phi) is 10.6. The molecule has 1 atom stereocenters. The monoisotopic (exact) mass is 402 g/mol. The van der Waals surface area contributed by atoms with Gasteiger partial charge >= 0.3 is 0 Å². The normalized spacial score (nSPS) is 10.3. The van der Waals surface area contributed by atoms with E-state index in [4.69, 9.17) is 0 Å². The van der Waals surface area contributed by atoms with Gasteiger partial charge in [0.1, 0.15) is 6.04 Å². The van der Waals surface area contributed by atoms with Gasteiger partial charge in [0, 0.05) is 0 Å². The molecule has 29 heavy (non-hydrogen) atoms. The van der Waals surface area contributed by atoms with Crippen LogP contribution in [0.4, 0.5) is 0 Å². The third-order valence-electron chi connectivity index (χ3n) is 3.39. The van der Waals surface area contributed by atoms with Crippen molar-refractivity contribution in [2.75, 3.05) is 13.2 Å². The van der Waals surface area contributed by atoms with E-state index in [9.17, 15) is 28.8 Å². The Hall–Kier alpha value is -4.08. The highest BCUT2D eigenvalue weighted by molar-refractivity contribution is 6.09. The van der Waals surface area contributed by atoms with E-state index in [2.05, 4.69) is 43.5 Å². The molecule has 0 aromatic heterocycles. The molecular weight excluding hydrogens is 380 g/mol. The van der Waals surface area contributed by atoms with Crippen molar-refractivity contribution in [1.82, 2.24) is 20.4 Å². The molecule has 0 rings (SSSR count). The van der Waals surface area contributed by atoms with Gasteiger partial charge in [0.25, 0.3) is 23.6 Å². The number of nitrogens with zero attached hydrogens (tertiary/aromatic N) is 2. The predicted molar refractivity (Wildman–Crippen MR) is 104 cm³/mol. The van der Waals surface area contributed by atoms with Crippen molar-refractivity contribution in [3.05, 3.63) is 63.3 Å². The highest BCUT2D eigenvalue weighted by atomic mass is 16.2. The molecule has 154 valence electrons. The van der Waals surface area contributed by atoms with Gasteiger partial charge in [0.15, 0.2) is 0 Å². The van der Waals surface area contributed by atoms with Crippen molar-refractivity contribution < 1.29 is 28.8 Å². The smallest absolute Gasteiger partial charge is 0.253 e. The molecule has 0 fully saturated rings. The van der Waals surface area contributed by atoms with Gasteiger partial charge in [0.2, 0.25) is 11.8 Å². The van der Waals surface area contributed by atoms with Crippen molar-refractivity contribution >= 4 is 35.4 Å². The molecule has 0 aliphatic heterocycles. The van der Waals surface area contributed by atoms with Gasteiger partial charge in [-0.3, -0.25) is 38.6 Å². The van der Waals surface area contributed by atoms with E-state index in [1.165, 1.54) is 0 Å².